The number of carbonyl (C=O) groups is 1. The van der Waals surface area contributed by atoms with Crippen LogP contribution in [0, 0.1) is 0 Å². The zero-order chi connectivity index (χ0) is 17.0. The zero-order valence-corrected chi connectivity index (χ0v) is 14.3. The third-order valence-electron chi connectivity index (χ3n) is 3.54. The molecule has 0 amide bonds. The molecule has 0 aliphatic rings. The Bertz CT molecular complexity index is 814. The molecule has 6 heteroatoms. The molecule has 0 saturated heterocycles. The summed E-state index contributed by atoms with van der Waals surface area (Å²) in [5, 5.41) is 5.11. The molecule has 0 radical (unpaired) electrons. The highest BCUT2D eigenvalue weighted by Crippen LogP contribution is 2.23. The van der Waals surface area contributed by atoms with Gasteiger partial charge in [0.05, 0.1) is 5.02 Å². The monoisotopic (exact) mass is 351 g/mol. The summed E-state index contributed by atoms with van der Waals surface area (Å²) in [6.07, 6.45) is 3.19. The number of carbonyl (C=O) groups excluding carboxylic acids is 1. The fraction of sp³-hybridized carbons (Fsp3) is 0.235. The molecule has 0 heterocycles. The van der Waals surface area contributed by atoms with E-state index in [9.17, 15) is 13.2 Å². The van der Waals surface area contributed by atoms with Gasteiger partial charge < -0.3 is 0 Å². The van der Waals surface area contributed by atoms with E-state index < -0.39 is 10.0 Å². The minimum Gasteiger partial charge on any atom is -0.289 e. The predicted molar refractivity (Wildman–Crippen MR) is 91.3 cm³/mol. The molecular weight excluding hydrogens is 334 g/mol. The first kappa shape index (κ1) is 17.7. The maximum Gasteiger partial charge on any atom is 0.239 e. The standard InChI is InChI=1S/C17H18ClNO3S/c1-2-3-4-12-5-7-13(8-6-12)17(20)14-9-10-15(18)16(11-14)23(19,21)22/h5-11H,2-4H2,1H3,(H2,19,21,22). The van der Waals surface area contributed by atoms with E-state index in [1.165, 1.54) is 23.8 Å². The summed E-state index contributed by atoms with van der Waals surface area (Å²) in [6.45, 7) is 2.13. The van der Waals surface area contributed by atoms with Crippen molar-refractivity contribution in [3.63, 3.8) is 0 Å². The molecular formula is C17H18ClNO3S. The Hall–Kier alpha value is -1.69. The van der Waals surface area contributed by atoms with Crippen LogP contribution in [0.1, 0.15) is 41.3 Å². The van der Waals surface area contributed by atoms with Crippen LogP contribution in [0.4, 0.5) is 0 Å². The summed E-state index contributed by atoms with van der Waals surface area (Å²) >= 11 is 5.83. The molecule has 2 aromatic carbocycles. The van der Waals surface area contributed by atoms with Gasteiger partial charge in [-0.2, -0.15) is 0 Å². The summed E-state index contributed by atoms with van der Waals surface area (Å²) in [5.41, 5.74) is 1.90. The van der Waals surface area contributed by atoms with Crippen molar-refractivity contribution in [2.75, 3.05) is 0 Å². The minimum atomic E-state index is -3.97. The number of rotatable bonds is 6. The smallest absolute Gasteiger partial charge is 0.239 e. The van der Waals surface area contributed by atoms with Crippen LogP contribution < -0.4 is 5.14 Å². The van der Waals surface area contributed by atoms with Gasteiger partial charge in [-0.3, -0.25) is 4.79 Å². The Labute approximate surface area is 141 Å². The number of hydrogen-bond acceptors (Lipinski definition) is 3. The van der Waals surface area contributed by atoms with Gasteiger partial charge in [-0.1, -0.05) is 49.2 Å². The molecule has 0 bridgehead atoms. The lowest BCUT2D eigenvalue weighted by molar-refractivity contribution is 0.103. The number of unbranched alkanes of at least 4 members (excludes halogenated alkanes) is 1. The van der Waals surface area contributed by atoms with Crippen molar-refractivity contribution >= 4 is 27.4 Å². The van der Waals surface area contributed by atoms with E-state index in [-0.39, 0.29) is 21.3 Å². The lowest BCUT2D eigenvalue weighted by atomic mass is 10.0. The highest BCUT2D eigenvalue weighted by atomic mass is 35.5. The normalized spacial score (nSPS) is 11.4. The third kappa shape index (κ3) is 4.41. The quantitative estimate of drug-likeness (QED) is 0.808. The van der Waals surface area contributed by atoms with E-state index in [1.54, 1.807) is 12.1 Å². The van der Waals surface area contributed by atoms with Gasteiger partial charge in [0.25, 0.3) is 0 Å². The Morgan fingerprint density at radius 1 is 1.09 bits per heavy atom. The van der Waals surface area contributed by atoms with Crippen molar-refractivity contribution in [3.05, 3.63) is 64.2 Å². The summed E-state index contributed by atoms with van der Waals surface area (Å²) in [5.74, 6) is -0.270. The summed E-state index contributed by atoms with van der Waals surface area (Å²) in [6, 6.07) is 11.4. The van der Waals surface area contributed by atoms with E-state index in [0.717, 1.165) is 19.3 Å². The summed E-state index contributed by atoms with van der Waals surface area (Å²) < 4.78 is 23.0. The summed E-state index contributed by atoms with van der Waals surface area (Å²) in [4.78, 5) is 12.2. The number of benzene rings is 2. The van der Waals surface area contributed by atoms with Gasteiger partial charge in [0, 0.05) is 11.1 Å². The first-order chi connectivity index (χ1) is 10.8. The molecule has 2 N–H and O–H groups in total. The van der Waals surface area contributed by atoms with Gasteiger partial charge in [0.1, 0.15) is 4.90 Å². The second kappa shape index (κ2) is 7.25. The topological polar surface area (TPSA) is 77.2 Å². The van der Waals surface area contributed by atoms with Gasteiger partial charge in [-0.05, 0) is 36.6 Å². The van der Waals surface area contributed by atoms with Crippen molar-refractivity contribution in [2.24, 2.45) is 5.14 Å². The van der Waals surface area contributed by atoms with E-state index in [2.05, 4.69) is 6.92 Å². The maximum absolute atomic E-state index is 12.5. The molecule has 2 aromatic rings. The number of aryl methyl sites for hydroxylation is 1. The average Bonchev–Trinajstić information content (AvgIpc) is 2.52. The van der Waals surface area contributed by atoms with Crippen molar-refractivity contribution < 1.29 is 13.2 Å². The molecule has 0 aliphatic carbocycles. The first-order valence-electron chi connectivity index (χ1n) is 7.29. The number of ketones is 1. The minimum absolute atomic E-state index is 0.000960. The largest absolute Gasteiger partial charge is 0.289 e. The molecule has 0 fully saturated rings. The van der Waals surface area contributed by atoms with Crippen LogP contribution in [0.2, 0.25) is 5.02 Å². The van der Waals surface area contributed by atoms with E-state index in [0.29, 0.717) is 5.56 Å². The van der Waals surface area contributed by atoms with Crippen LogP contribution >= 0.6 is 11.6 Å². The molecule has 0 unspecified atom stereocenters. The third-order valence-corrected chi connectivity index (χ3v) is 4.93. The molecule has 0 spiro atoms. The molecule has 0 atom stereocenters. The molecule has 2 rings (SSSR count). The van der Waals surface area contributed by atoms with Crippen molar-refractivity contribution in [2.45, 2.75) is 31.1 Å². The van der Waals surface area contributed by atoms with Crippen LogP contribution in [-0.4, -0.2) is 14.2 Å². The van der Waals surface area contributed by atoms with Gasteiger partial charge in [-0.15, -0.1) is 0 Å². The molecule has 4 nitrogen and oxygen atoms in total. The number of nitrogens with two attached hydrogens (primary N) is 1. The Kier molecular flexibility index (Phi) is 5.57. The van der Waals surface area contributed by atoms with Gasteiger partial charge in [-0.25, -0.2) is 13.6 Å². The van der Waals surface area contributed by atoms with Gasteiger partial charge in [0.15, 0.2) is 5.78 Å². The van der Waals surface area contributed by atoms with Crippen LogP contribution in [-0.2, 0) is 16.4 Å². The zero-order valence-electron chi connectivity index (χ0n) is 12.8. The van der Waals surface area contributed by atoms with E-state index in [4.69, 9.17) is 16.7 Å². The SMILES string of the molecule is CCCCc1ccc(C(=O)c2ccc(Cl)c(S(N)(=O)=O)c2)cc1. The molecule has 0 aliphatic heterocycles. The number of hydrogen-bond donors (Lipinski definition) is 1. The predicted octanol–water partition coefficient (Wildman–Crippen LogP) is 3.56. The van der Waals surface area contributed by atoms with Crippen LogP contribution in [0.5, 0.6) is 0 Å². The van der Waals surface area contributed by atoms with E-state index in [1.807, 2.05) is 12.1 Å². The van der Waals surface area contributed by atoms with Gasteiger partial charge >= 0.3 is 0 Å². The molecule has 0 saturated carbocycles. The van der Waals surface area contributed by atoms with E-state index >= 15 is 0 Å². The molecule has 0 aromatic heterocycles. The molecule has 23 heavy (non-hydrogen) atoms. The van der Waals surface area contributed by atoms with Crippen LogP contribution in [0.15, 0.2) is 47.4 Å². The number of sulfonamides is 1. The van der Waals surface area contributed by atoms with Crippen molar-refractivity contribution in [1.29, 1.82) is 0 Å². The second-order valence-electron chi connectivity index (χ2n) is 5.32. The Balaban J connectivity index is 2.30. The maximum atomic E-state index is 12.5. The average molecular weight is 352 g/mol. The fourth-order valence-corrected chi connectivity index (χ4v) is 3.30. The second-order valence-corrected chi connectivity index (χ2v) is 7.26. The number of primary sulfonamides is 1. The van der Waals surface area contributed by atoms with Crippen molar-refractivity contribution in [3.8, 4) is 0 Å². The number of halogens is 1. The fourth-order valence-electron chi connectivity index (χ4n) is 2.23. The highest BCUT2D eigenvalue weighted by Gasteiger charge is 2.17. The Morgan fingerprint density at radius 2 is 1.70 bits per heavy atom. The lowest BCUT2D eigenvalue weighted by Gasteiger charge is -2.07. The van der Waals surface area contributed by atoms with Crippen molar-refractivity contribution in [1.82, 2.24) is 0 Å². The lowest BCUT2D eigenvalue weighted by Crippen LogP contribution is -2.14. The highest BCUT2D eigenvalue weighted by molar-refractivity contribution is 7.89. The van der Waals surface area contributed by atoms with Crippen LogP contribution in [0.25, 0.3) is 0 Å². The molecule has 122 valence electrons. The van der Waals surface area contributed by atoms with Gasteiger partial charge in [0.2, 0.25) is 10.0 Å². The Morgan fingerprint density at radius 3 is 2.26 bits per heavy atom. The first-order valence-corrected chi connectivity index (χ1v) is 9.21. The summed E-state index contributed by atoms with van der Waals surface area (Å²) in [7, 11) is -3.97. The van der Waals surface area contributed by atoms with Crippen LogP contribution in [0.3, 0.4) is 0 Å².